The van der Waals surface area contributed by atoms with Crippen molar-refractivity contribution in [3.8, 4) is 5.75 Å². The van der Waals surface area contributed by atoms with Crippen LogP contribution in [0.4, 0.5) is 0 Å². The van der Waals surface area contributed by atoms with Crippen LogP contribution in [0.25, 0.3) is 11.2 Å². The predicted octanol–water partition coefficient (Wildman–Crippen LogP) is 2.71. The number of benzene rings is 1. The molecule has 1 aromatic carbocycles. The molecule has 162 valence electrons. The van der Waals surface area contributed by atoms with Crippen LogP contribution >= 0.6 is 0 Å². The van der Waals surface area contributed by atoms with E-state index in [2.05, 4.69) is 4.98 Å². The molecule has 0 spiro atoms. The fraction of sp³-hybridized carbons (Fsp3) is 0.458. The summed E-state index contributed by atoms with van der Waals surface area (Å²) in [6.45, 7) is 2.10. The first-order valence-corrected chi connectivity index (χ1v) is 11.0. The predicted molar refractivity (Wildman–Crippen MR) is 118 cm³/mol. The average Bonchev–Trinajstić information content (AvgIpc) is 3.59. The third-order valence-corrected chi connectivity index (χ3v) is 7.03. The van der Waals surface area contributed by atoms with Crippen molar-refractivity contribution in [1.82, 2.24) is 19.0 Å². The fourth-order valence-electron chi connectivity index (χ4n) is 5.04. The number of likely N-dealkylation sites (tertiary alicyclic amines) is 1. The Labute approximate surface area is 181 Å². The van der Waals surface area contributed by atoms with Gasteiger partial charge in [0.05, 0.1) is 18.0 Å². The molecule has 1 aliphatic heterocycles. The van der Waals surface area contributed by atoms with Gasteiger partial charge in [-0.05, 0) is 49.8 Å². The minimum atomic E-state index is -0.421. The summed E-state index contributed by atoms with van der Waals surface area (Å²) in [4.78, 5) is 32.6. The minimum absolute atomic E-state index is 0.0275. The number of fused-ring (bicyclic) bond motifs is 1. The Balaban J connectivity index is 1.29. The first kappa shape index (κ1) is 19.8. The molecular weight excluding hydrogens is 392 g/mol. The van der Waals surface area contributed by atoms with Crippen LogP contribution in [0.15, 0.2) is 47.4 Å². The van der Waals surface area contributed by atoms with E-state index in [1.807, 2.05) is 41.3 Å². The Morgan fingerprint density at radius 3 is 2.61 bits per heavy atom. The van der Waals surface area contributed by atoms with Crippen molar-refractivity contribution in [2.75, 3.05) is 20.2 Å². The lowest BCUT2D eigenvalue weighted by atomic mass is 9.90. The third kappa shape index (κ3) is 3.23. The van der Waals surface area contributed by atoms with E-state index in [1.54, 1.807) is 29.5 Å². The average molecular weight is 421 g/mol. The summed E-state index contributed by atoms with van der Waals surface area (Å²) in [7, 11) is 3.45. The Morgan fingerprint density at radius 2 is 1.90 bits per heavy atom. The van der Waals surface area contributed by atoms with Crippen LogP contribution in [-0.2, 0) is 23.8 Å². The highest BCUT2D eigenvalue weighted by atomic mass is 16.5. The van der Waals surface area contributed by atoms with Gasteiger partial charge in [-0.1, -0.05) is 18.2 Å². The van der Waals surface area contributed by atoms with E-state index in [1.165, 1.54) is 0 Å². The molecule has 3 aromatic rings. The maximum Gasteiger partial charge on any atom is 0.330 e. The molecule has 0 radical (unpaired) electrons. The number of hydrogen-bond donors (Lipinski definition) is 0. The first-order chi connectivity index (χ1) is 15.0. The van der Waals surface area contributed by atoms with E-state index < -0.39 is 5.41 Å². The normalized spacial score (nSPS) is 18.3. The quantitative estimate of drug-likeness (QED) is 0.636. The van der Waals surface area contributed by atoms with Crippen LogP contribution in [0.5, 0.6) is 5.75 Å². The number of imidazole rings is 1. The largest absolute Gasteiger partial charge is 0.496 e. The van der Waals surface area contributed by atoms with Gasteiger partial charge in [-0.2, -0.15) is 0 Å². The van der Waals surface area contributed by atoms with Gasteiger partial charge in [0.25, 0.3) is 0 Å². The molecule has 1 saturated heterocycles. The molecule has 3 heterocycles. The zero-order valence-corrected chi connectivity index (χ0v) is 18.1. The lowest BCUT2D eigenvalue weighted by molar-refractivity contribution is -0.135. The summed E-state index contributed by atoms with van der Waals surface area (Å²) in [5, 5.41) is 0. The summed E-state index contributed by atoms with van der Waals surface area (Å²) in [6, 6.07) is 11.7. The number of para-hydroxylation sites is 1. The lowest BCUT2D eigenvalue weighted by Crippen LogP contribution is -2.45. The number of pyridine rings is 1. The molecule has 0 bridgehead atoms. The van der Waals surface area contributed by atoms with E-state index in [9.17, 15) is 9.59 Å². The summed E-state index contributed by atoms with van der Waals surface area (Å²) in [5.41, 5.74) is 2.16. The maximum absolute atomic E-state index is 13.5. The number of rotatable bonds is 5. The molecule has 0 atom stereocenters. The number of ether oxygens (including phenoxy) is 1. The SMILES string of the molecule is COc1ccccc1C1(C(=O)N2CCC(Cn3c(=O)n(C)c4cccnc43)CC2)CC1. The summed E-state index contributed by atoms with van der Waals surface area (Å²) < 4.78 is 8.97. The third-order valence-electron chi connectivity index (χ3n) is 7.03. The van der Waals surface area contributed by atoms with Crippen molar-refractivity contribution in [3.63, 3.8) is 0 Å². The van der Waals surface area contributed by atoms with E-state index in [4.69, 9.17) is 4.74 Å². The molecule has 31 heavy (non-hydrogen) atoms. The Kier molecular flexibility index (Phi) is 4.84. The monoisotopic (exact) mass is 420 g/mol. The van der Waals surface area contributed by atoms with Crippen molar-refractivity contribution in [2.45, 2.75) is 37.6 Å². The standard InChI is InChI=1S/C24H28N4O3/c1-26-19-7-5-13-25-21(19)28(23(26)30)16-17-9-14-27(15-10-17)22(29)24(11-12-24)18-6-3-4-8-20(18)31-2/h3-8,13,17H,9-12,14-16H2,1-2H3. The Hall–Kier alpha value is -3.09. The number of carbonyl (C=O) groups is 1. The number of aromatic nitrogens is 3. The second-order valence-electron chi connectivity index (χ2n) is 8.82. The second kappa shape index (κ2) is 7.55. The second-order valence-corrected chi connectivity index (χ2v) is 8.82. The number of hydrogen-bond acceptors (Lipinski definition) is 4. The van der Waals surface area contributed by atoms with E-state index in [-0.39, 0.29) is 11.6 Å². The Bertz CT molecular complexity index is 1180. The molecule has 2 fully saturated rings. The van der Waals surface area contributed by atoms with Gasteiger partial charge in [0.1, 0.15) is 5.75 Å². The summed E-state index contributed by atoms with van der Waals surface area (Å²) >= 11 is 0. The van der Waals surface area contributed by atoms with Crippen molar-refractivity contribution < 1.29 is 9.53 Å². The summed E-state index contributed by atoms with van der Waals surface area (Å²) in [6.07, 6.45) is 5.27. The zero-order valence-electron chi connectivity index (χ0n) is 18.1. The number of aryl methyl sites for hydroxylation is 1. The van der Waals surface area contributed by atoms with Gasteiger partial charge in [0, 0.05) is 38.4 Å². The molecule has 1 saturated carbocycles. The topological polar surface area (TPSA) is 69.4 Å². The number of piperidine rings is 1. The molecule has 0 unspecified atom stereocenters. The first-order valence-electron chi connectivity index (χ1n) is 11.0. The van der Waals surface area contributed by atoms with Crippen LogP contribution in [0.2, 0.25) is 0 Å². The zero-order chi connectivity index (χ0) is 21.6. The van der Waals surface area contributed by atoms with Gasteiger partial charge in [0.15, 0.2) is 5.65 Å². The van der Waals surface area contributed by atoms with Crippen molar-refractivity contribution >= 4 is 17.1 Å². The number of carbonyl (C=O) groups excluding carboxylic acids is 1. The summed E-state index contributed by atoms with van der Waals surface area (Å²) in [5.74, 6) is 1.38. The molecule has 5 rings (SSSR count). The fourth-order valence-corrected chi connectivity index (χ4v) is 5.04. The number of nitrogens with zero attached hydrogens (tertiary/aromatic N) is 4. The molecule has 2 aromatic heterocycles. The van der Waals surface area contributed by atoms with Gasteiger partial charge in [0.2, 0.25) is 5.91 Å². The highest BCUT2D eigenvalue weighted by molar-refractivity contribution is 5.92. The lowest BCUT2D eigenvalue weighted by Gasteiger charge is -2.35. The molecular formula is C24H28N4O3. The van der Waals surface area contributed by atoms with Gasteiger partial charge in [-0.25, -0.2) is 9.78 Å². The van der Waals surface area contributed by atoms with E-state index in [0.717, 1.165) is 61.2 Å². The van der Waals surface area contributed by atoms with E-state index >= 15 is 0 Å². The maximum atomic E-state index is 13.5. The van der Waals surface area contributed by atoms with Crippen molar-refractivity contribution in [2.24, 2.45) is 13.0 Å². The van der Waals surface area contributed by atoms with Gasteiger partial charge in [-0.3, -0.25) is 13.9 Å². The molecule has 0 N–H and O–H groups in total. The van der Waals surface area contributed by atoms with E-state index in [0.29, 0.717) is 12.5 Å². The van der Waals surface area contributed by atoms with Gasteiger partial charge in [-0.15, -0.1) is 0 Å². The van der Waals surface area contributed by atoms with Crippen molar-refractivity contribution in [1.29, 1.82) is 0 Å². The van der Waals surface area contributed by atoms with Crippen LogP contribution in [0, 0.1) is 5.92 Å². The van der Waals surface area contributed by atoms with Crippen LogP contribution in [0.3, 0.4) is 0 Å². The minimum Gasteiger partial charge on any atom is -0.496 e. The van der Waals surface area contributed by atoms with Gasteiger partial charge < -0.3 is 9.64 Å². The smallest absolute Gasteiger partial charge is 0.330 e. The number of methoxy groups -OCH3 is 1. The highest BCUT2D eigenvalue weighted by Crippen LogP contribution is 2.52. The molecule has 7 nitrogen and oxygen atoms in total. The van der Waals surface area contributed by atoms with Crippen LogP contribution in [0.1, 0.15) is 31.2 Å². The Morgan fingerprint density at radius 1 is 1.16 bits per heavy atom. The van der Waals surface area contributed by atoms with Crippen LogP contribution in [-0.4, -0.2) is 45.1 Å². The highest BCUT2D eigenvalue weighted by Gasteiger charge is 2.54. The van der Waals surface area contributed by atoms with Crippen molar-refractivity contribution in [3.05, 3.63) is 58.6 Å². The number of amides is 1. The molecule has 1 aliphatic carbocycles. The van der Waals surface area contributed by atoms with Gasteiger partial charge >= 0.3 is 5.69 Å². The van der Waals surface area contributed by atoms with Crippen LogP contribution < -0.4 is 10.4 Å². The molecule has 7 heteroatoms. The molecule has 2 aliphatic rings. The molecule has 1 amide bonds.